The summed E-state index contributed by atoms with van der Waals surface area (Å²) in [7, 11) is 0. The zero-order valence-corrected chi connectivity index (χ0v) is 11.9. The number of nitrogens with zero attached hydrogens (tertiary/aromatic N) is 2. The number of rotatable bonds is 6. The number of carbonyl (C=O) groups is 1. The third-order valence-corrected chi connectivity index (χ3v) is 3.05. The van der Waals surface area contributed by atoms with Crippen LogP contribution >= 0.6 is 0 Å². The van der Waals surface area contributed by atoms with Gasteiger partial charge in [0.2, 0.25) is 11.5 Å². The fourth-order valence-corrected chi connectivity index (χ4v) is 1.96. The number of halogens is 3. The van der Waals surface area contributed by atoms with Crippen molar-refractivity contribution >= 4 is 11.7 Å². The standard InChI is InChI=1S/C13H14F3N5O2/c14-13(15,16)9-4-2-1-3-8(9)7-18-5-6-19-12(22)10-11(17)21-23-20-10/h1-4,18H,5-7H2,(H2,17,21)(H,19,22)/p+1. The van der Waals surface area contributed by atoms with Gasteiger partial charge >= 0.3 is 6.18 Å². The number of carbonyl (C=O) groups excluding carboxylic acids is 1. The van der Waals surface area contributed by atoms with Gasteiger partial charge in [-0.25, -0.2) is 4.63 Å². The first kappa shape index (κ1) is 16.7. The number of nitrogens with one attached hydrogen (secondary N) is 1. The van der Waals surface area contributed by atoms with E-state index in [1.165, 1.54) is 12.1 Å². The van der Waals surface area contributed by atoms with Gasteiger partial charge in [-0.05, 0) is 16.4 Å². The second-order valence-electron chi connectivity index (χ2n) is 4.69. The van der Waals surface area contributed by atoms with E-state index in [9.17, 15) is 18.0 Å². The first-order valence-electron chi connectivity index (χ1n) is 6.72. The highest BCUT2D eigenvalue weighted by Crippen LogP contribution is 2.31. The molecule has 0 aliphatic rings. The molecule has 0 radical (unpaired) electrons. The van der Waals surface area contributed by atoms with Crippen molar-refractivity contribution in [3.05, 3.63) is 41.1 Å². The van der Waals surface area contributed by atoms with Crippen molar-refractivity contribution < 1.29 is 27.9 Å². The maximum absolute atomic E-state index is 12.8. The monoisotopic (exact) mass is 330 g/mol. The summed E-state index contributed by atoms with van der Waals surface area (Å²) in [5.41, 5.74) is 4.78. The fourth-order valence-electron chi connectivity index (χ4n) is 1.96. The Balaban J connectivity index is 1.78. The van der Waals surface area contributed by atoms with Gasteiger partial charge in [0.15, 0.2) is 0 Å². The molecule has 0 fully saturated rings. The first-order valence-corrected chi connectivity index (χ1v) is 6.72. The topological polar surface area (TPSA) is 111 Å². The average molecular weight is 330 g/mol. The van der Waals surface area contributed by atoms with Crippen LogP contribution in [0.15, 0.2) is 28.9 Å². The number of nitrogen functional groups attached to an aromatic ring is 1. The third-order valence-electron chi connectivity index (χ3n) is 3.05. The van der Waals surface area contributed by atoms with Crippen molar-refractivity contribution in [2.24, 2.45) is 0 Å². The predicted molar refractivity (Wildman–Crippen MR) is 73.0 cm³/mol. The van der Waals surface area contributed by atoms with Crippen LogP contribution in [0.1, 0.15) is 21.6 Å². The highest BCUT2D eigenvalue weighted by Gasteiger charge is 2.33. The maximum atomic E-state index is 12.8. The molecule has 23 heavy (non-hydrogen) atoms. The van der Waals surface area contributed by atoms with E-state index in [4.69, 9.17) is 5.73 Å². The Hall–Kier alpha value is -2.62. The smallest absolute Gasteiger partial charge is 0.379 e. The minimum absolute atomic E-state index is 0.118. The number of hydrogen-bond acceptors (Lipinski definition) is 5. The Labute approximate surface area is 129 Å². The summed E-state index contributed by atoms with van der Waals surface area (Å²) in [5.74, 6) is -0.668. The number of nitrogens with two attached hydrogens (primary N) is 2. The molecule has 0 unspecified atom stereocenters. The second-order valence-corrected chi connectivity index (χ2v) is 4.69. The highest BCUT2D eigenvalue weighted by molar-refractivity contribution is 5.95. The molecule has 2 aromatic rings. The lowest BCUT2D eigenvalue weighted by Crippen LogP contribution is -2.84. The molecule has 1 aromatic carbocycles. The molecular formula is C13H15F3N5O2+. The van der Waals surface area contributed by atoms with Crippen molar-refractivity contribution in [3.8, 4) is 0 Å². The molecule has 0 atom stereocenters. The summed E-state index contributed by atoms with van der Waals surface area (Å²) in [6.45, 7) is 0.779. The van der Waals surface area contributed by atoms with Crippen LogP contribution in [-0.2, 0) is 12.7 Å². The fraction of sp³-hybridized carbons (Fsp3) is 0.308. The van der Waals surface area contributed by atoms with Crippen molar-refractivity contribution in [1.29, 1.82) is 0 Å². The van der Waals surface area contributed by atoms with Gasteiger partial charge in [0.25, 0.3) is 5.91 Å². The lowest BCUT2D eigenvalue weighted by molar-refractivity contribution is -0.668. The van der Waals surface area contributed by atoms with E-state index in [2.05, 4.69) is 20.3 Å². The zero-order chi connectivity index (χ0) is 16.9. The first-order chi connectivity index (χ1) is 10.9. The molecule has 1 heterocycles. The third kappa shape index (κ3) is 4.42. The van der Waals surface area contributed by atoms with Gasteiger partial charge in [0, 0.05) is 5.56 Å². The molecule has 7 nitrogen and oxygen atoms in total. The quantitative estimate of drug-likeness (QED) is 0.654. The average Bonchev–Trinajstić information content (AvgIpc) is 2.92. The van der Waals surface area contributed by atoms with Crippen molar-refractivity contribution in [1.82, 2.24) is 15.6 Å². The molecule has 0 aliphatic heterocycles. The number of benzene rings is 1. The minimum Gasteiger partial charge on any atom is -0.379 e. The normalized spacial score (nSPS) is 11.4. The second kappa shape index (κ2) is 7.09. The Morgan fingerprint density at radius 3 is 2.70 bits per heavy atom. The number of aromatic nitrogens is 2. The molecule has 0 bridgehead atoms. The van der Waals surface area contributed by atoms with E-state index in [0.717, 1.165) is 6.07 Å². The van der Waals surface area contributed by atoms with Gasteiger partial charge in [0.1, 0.15) is 6.54 Å². The summed E-state index contributed by atoms with van der Waals surface area (Å²) >= 11 is 0. The number of hydrogen-bond donors (Lipinski definition) is 3. The molecule has 2 rings (SSSR count). The minimum atomic E-state index is -4.38. The number of alkyl halides is 3. The predicted octanol–water partition coefficient (Wildman–Crippen LogP) is 0.164. The molecule has 0 saturated carbocycles. The summed E-state index contributed by atoms with van der Waals surface area (Å²) in [6, 6.07) is 5.38. The van der Waals surface area contributed by atoms with E-state index in [0.29, 0.717) is 6.54 Å². The van der Waals surface area contributed by atoms with Gasteiger partial charge in [-0.1, -0.05) is 18.2 Å². The lowest BCUT2D eigenvalue weighted by Gasteiger charge is -2.11. The SMILES string of the molecule is Nc1nonc1C(=O)NCC[NH2+]Cc1ccccc1C(F)(F)F. The zero-order valence-electron chi connectivity index (χ0n) is 11.9. The van der Waals surface area contributed by atoms with Crippen molar-refractivity contribution in [2.75, 3.05) is 18.8 Å². The van der Waals surface area contributed by atoms with Crippen LogP contribution in [0.5, 0.6) is 0 Å². The van der Waals surface area contributed by atoms with Crippen LogP contribution in [0.25, 0.3) is 0 Å². The molecule has 124 valence electrons. The van der Waals surface area contributed by atoms with Crippen molar-refractivity contribution in [2.45, 2.75) is 12.7 Å². The Morgan fingerprint density at radius 2 is 2.04 bits per heavy atom. The number of quaternary nitrogens is 1. The van der Waals surface area contributed by atoms with Crippen LogP contribution in [0.2, 0.25) is 0 Å². The van der Waals surface area contributed by atoms with E-state index in [1.807, 2.05) is 0 Å². The summed E-state index contributed by atoms with van der Waals surface area (Å²) in [6.07, 6.45) is -4.38. The van der Waals surface area contributed by atoms with Crippen LogP contribution < -0.4 is 16.4 Å². The van der Waals surface area contributed by atoms with Gasteiger partial charge < -0.3 is 16.4 Å². The van der Waals surface area contributed by atoms with Crippen LogP contribution in [0.3, 0.4) is 0 Å². The van der Waals surface area contributed by atoms with Crippen LogP contribution in [0.4, 0.5) is 19.0 Å². The number of amides is 1. The molecule has 1 aromatic heterocycles. The van der Waals surface area contributed by atoms with Gasteiger partial charge in [0.05, 0.1) is 18.7 Å². The molecule has 0 spiro atoms. The summed E-state index contributed by atoms with van der Waals surface area (Å²) in [5, 5.41) is 10.8. The van der Waals surface area contributed by atoms with E-state index in [-0.39, 0.29) is 30.2 Å². The van der Waals surface area contributed by atoms with E-state index < -0.39 is 17.6 Å². The molecule has 0 aliphatic carbocycles. The largest absolute Gasteiger partial charge is 0.416 e. The van der Waals surface area contributed by atoms with Crippen LogP contribution in [0, 0.1) is 0 Å². The Morgan fingerprint density at radius 1 is 1.30 bits per heavy atom. The molecule has 0 saturated heterocycles. The lowest BCUT2D eigenvalue weighted by atomic mass is 10.1. The summed E-state index contributed by atoms with van der Waals surface area (Å²) < 4.78 is 42.8. The number of anilines is 1. The molecule has 5 N–H and O–H groups in total. The van der Waals surface area contributed by atoms with E-state index in [1.54, 1.807) is 11.4 Å². The summed E-state index contributed by atoms with van der Waals surface area (Å²) in [4.78, 5) is 11.6. The molecule has 10 heteroatoms. The van der Waals surface area contributed by atoms with Gasteiger partial charge in [-0.2, -0.15) is 13.2 Å². The van der Waals surface area contributed by atoms with Gasteiger partial charge in [-0.3, -0.25) is 4.79 Å². The molecular weight excluding hydrogens is 315 g/mol. The highest BCUT2D eigenvalue weighted by atomic mass is 19.4. The van der Waals surface area contributed by atoms with Crippen molar-refractivity contribution in [3.63, 3.8) is 0 Å². The Bertz CT molecular complexity index is 672. The van der Waals surface area contributed by atoms with E-state index >= 15 is 0 Å². The molecule has 1 amide bonds. The Kier molecular flexibility index (Phi) is 5.16. The van der Waals surface area contributed by atoms with Gasteiger partial charge in [-0.15, -0.1) is 0 Å². The van der Waals surface area contributed by atoms with Crippen LogP contribution in [-0.4, -0.2) is 29.3 Å². The maximum Gasteiger partial charge on any atom is 0.416 e.